The number of H-pyrrole nitrogens is 1. The van der Waals surface area contributed by atoms with Crippen molar-refractivity contribution in [3.8, 4) is 0 Å². The molecule has 20 heavy (non-hydrogen) atoms. The number of nitrogens with zero attached hydrogens (tertiary/aromatic N) is 2. The van der Waals surface area contributed by atoms with E-state index in [0.717, 1.165) is 17.0 Å². The van der Waals surface area contributed by atoms with Crippen molar-refractivity contribution in [3.05, 3.63) is 34.9 Å². The van der Waals surface area contributed by atoms with Crippen LogP contribution >= 0.6 is 0 Å². The van der Waals surface area contributed by atoms with Crippen molar-refractivity contribution in [2.24, 2.45) is 12.8 Å². The summed E-state index contributed by atoms with van der Waals surface area (Å²) < 4.78 is 28.7. The van der Waals surface area contributed by atoms with Gasteiger partial charge in [-0.2, -0.15) is 5.10 Å². The standard InChI is InChI=1S/C12H19N5O2S/c1-8-12(9(2)17(3)16-8)7-15-20(18,19)11-4-10(5-13)14-6-11/h4,6,14-15H,5,7,13H2,1-3H3. The highest BCUT2D eigenvalue weighted by Crippen LogP contribution is 2.14. The van der Waals surface area contributed by atoms with Crippen molar-refractivity contribution in [2.45, 2.75) is 31.8 Å². The summed E-state index contributed by atoms with van der Waals surface area (Å²) in [4.78, 5) is 3.02. The van der Waals surface area contributed by atoms with Gasteiger partial charge in [-0.05, 0) is 19.9 Å². The number of hydrogen-bond acceptors (Lipinski definition) is 4. The first-order chi connectivity index (χ1) is 9.35. The van der Waals surface area contributed by atoms with Gasteiger partial charge in [0.1, 0.15) is 0 Å². The minimum atomic E-state index is -3.55. The van der Waals surface area contributed by atoms with Gasteiger partial charge in [0, 0.05) is 43.3 Å². The van der Waals surface area contributed by atoms with Gasteiger partial charge in [-0.3, -0.25) is 4.68 Å². The molecule has 0 unspecified atom stereocenters. The largest absolute Gasteiger partial charge is 0.363 e. The molecule has 0 bridgehead atoms. The molecule has 0 aliphatic rings. The van der Waals surface area contributed by atoms with E-state index in [-0.39, 0.29) is 18.0 Å². The molecule has 0 saturated carbocycles. The first kappa shape index (κ1) is 14.8. The second-order valence-corrected chi connectivity index (χ2v) is 6.43. The van der Waals surface area contributed by atoms with Crippen molar-refractivity contribution >= 4 is 10.0 Å². The van der Waals surface area contributed by atoms with Gasteiger partial charge in [-0.1, -0.05) is 0 Å². The van der Waals surface area contributed by atoms with Gasteiger partial charge < -0.3 is 10.7 Å². The number of aromatic amines is 1. The van der Waals surface area contributed by atoms with E-state index < -0.39 is 10.0 Å². The van der Waals surface area contributed by atoms with Gasteiger partial charge >= 0.3 is 0 Å². The van der Waals surface area contributed by atoms with Crippen molar-refractivity contribution in [2.75, 3.05) is 0 Å². The van der Waals surface area contributed by atoms with Crippen LogP contribution in [0.4, 0.5) is 0 Å². The molecule has 0 fully saturated rings. The third kappa shape index (κ3) is 2.77. The zero-order valence-electron chi connectivity index (χ0n) is 11.8. The Bertz CT molecular complexity index is 714. The second-order valence-electron chi connectivity index (χ2n) is 4.66. The van der Waals surface area contributed by atoms with Gasteiger partial charge in [0.15, 0.2) is 0 Å². The maximum Gasteiger partial charge on any atom is 0.242 e. The van der Waals surface area contributed by atoms with Crippen molar-refractivity contribution in [1.82, 2.24) is 19.5 Å². The molecule has 0 atom stereocenters. The normalized spacial score (nSPS) is 12.0. The van der Waals surface area contributed by atoms with Crippen LogP contribution < -0.4 is 10.5 Å². The summed E-state index contributed by atoms with van der Waals surface area (Å²) in [6, 6.07) is 1.53. The number of rotatable bonds is 5. The van der Waals surface area contributed by atoms with Crippen LogP contribution in [0.15, 0.2) is 17.2 Å². The highest BCUT2D eigenvalue weighted by atomic mass is 32.2. The Balaban J connectivity index is 2.17. The number of aromatic nitrogens is 3. The topological polar surface area (TPSA) is 106 Å². The summed E-state index contributed by atoms with van der Waals surface area (Å²) in [6.45, 7) is 4.26. The molecule has 0 saturated heterocycles. The molecule has 0 radical (unpaired) electrons. The third-order valence-corrected chi connectivity index (χ3v) is 4.73. The Kier molecular flexibility index (Phi) is 3.98. The van der Waals surface area contributed by atoms with Gasteiger partial charge in [0.2, 0.25) is 10.0 Å². The predicted molar refractivity (Wildman–Crippen MR) is 75.4 cm³/mol. The molecule has 7 nitrogen and oxygen atoms in total. The summed E-state index contributed by atoms with van der Waals surface area (Å²) in [5.41, 5.74) is 8.80. The van der Waals surface area contributed by atoms with Crippen molar-refractivity contribution < 1.29 is 8.42 Å². The monoisotopic (exact) mass is 297 g/mol. The predicted octanol–water partition coefficient (Wildman–Crippen LogP) is 0.302. The number of nitrogens with two attached hydrogens (primary N) is 1. The summed E-state index contributed by atoms with van der Waals surface area (Å²) in [5, 5.41) is 4.26. The molecule has 110 valence electrons. The van der Waals surface area contributed by atoms with E-state index in [2.05, 4.69) is 14.8 Å². The lowest BCUT2D eigenvalue weighted by atomic mass is 10.2. The second kappa shape index (κ2) is 5.39. The minimum absolute atomic E-state index is 0.192. The van der Waals surface area contributed by atoms with Crippen LogP contribution in [0.3, 0.4) is 0 Å². The van der Waals surface area contributed by atoms with E-state index in [9.17, 15) is 8.42 Å². The Morgan fingerprint density at radius 1 is 1.45 bits per heavy atom. The third-order valence-electron chi connectivity index (χ3n) is 3.34. The quantitative estimate of drug-likeness (QED) is 0.738. The fraction of sp³-hybridized carbons (Fsp3) is 0.417. The lowest BCUT2D eigenvalue weighted by molar-refractivity contribution is 0.581. The molecule has 4 N–H and O–H groups in total. The van der Waals surface area contributed by atoms with E-state index in [4.69, 9.17) is 5.73 Å². The SMILES string of the molecule is Cc1nn(C)c(C)c1CNS(=O)(=O)c1c[nH]c(CN)c1. The molecule has 0 aliphatic heterocycles. The Morgan fingerprint density at radius 3 is 2.65 bits per heavy atom. The first-order valence-corrected chi connectivity index (χ1v) is 7.69. The maximum atomic E-state index is 12.2. The van der Waals surface area contributed by atoms with Crippen LogP contribution in [0, 0.1) is 13.8 Å². The Hall–Kier alpha value is -1.64. The fourth-order valence-electron chi connectivity index (χ4n) is 2.02. The van der Waals surface area contributed by atoms with Crippen LogP contribution in [0.1, 0.15) is 22.6 Å². The van der Waals surface area contributed by atoms with Crippen LogP contribution in [-0.2, 0) is 30.2 Å². The molecule has 2 heterocycles. The fourth-order valence-corrected chi connectivity index (χ4v) is 3.03. The van der Waals surface area contributed by atoms with Gasteiger partial charge in [-0.25, -0.2) is 13.1 Å². The van der Waals surface area contributed by atoms with Crippen molar-refractivity contribution in [1.29, 1.82) is 0 Å². The van der Waals surface area contributed by atoms with E-state index in [0.29, 0.717) is 5.69 Å². The highest BCUT2D eigenvalue weighted by molar-refractivity contribution is 7.89. The Labute approximate surface area is 118 Å². The van der Waals surface area contributed by atoms with E-state index in [1.165, 1.54) is 12.3 Å². The van der Waals surface area contributed by atoms with Crippen LogP contribution in [0.25, 0.3) is 0 Å². The summed E-state index contributed by atoms with van der Waals surface area (Å²) in [7, 11) is -1.71. The van der Waals surface area contributed by atoms with Gasteiger partial charge in [-0.15, -0.1) is 0 Å². The molecular weight excluding hydrogens is 278 g/mol. The lowest BCUT2D eigenvalue weighted by Crippen LogP contribution is -2.23. The number of aryl methyl sites for hydroxylation is 2. The number of sulfonamides is 1. The molecule has 2 aromatic rings. The van der Waals surface area contributed by atoms with Crippen LogP contribution in [0.2, 0.25) is 0 Å². The maximum absolute atomic E-state index is 12.2. The average Bonchev–Trinajstić information content (AvgIpc) is 2.95. The van der Waals surface area contributed by atoms with Crippen molar-refractivity contribution in [3.63, 3.8) is 0 Å². The smallest absolute Gasteiger partial charge is 0.242 e. The Morgan fingerprint density at radius 2 is 2.15 bits per heavy atom. The number of nitrogens with one attached hydrogen (secondary N) is 2. The van der Waals surface area contributed by atoms with E-state index in [1.807, 2.05) is 20.9 Å². The molecule has 0 aromatic carbocycles. The zero-order chi connectivity index (χ0) is 14.9. The molecule has 8 heteroatoms. The number of hydrogen-bond donors (Lipinski definition) is 3. The summed E-state index contributed by atoms with van der Waals surface area (Å²) in [6.07, 6.45) is 1.44. The molecule has 0 spiro atoms. The first-order valence-electron chi connectivity index (χ1n) is 6.21. The van der Waals surface area contributed by atoms with E-state index >= 15 is 0 Å². The molecular formula is C12H19N5O2S. The minimum Gasteiger partial charge on any atom is -0.363 e. The summed E-state index contributed by atoms with van der Waals surface area (Å²) in [5.74, 6) is 0. The zero-order valence-corrected chi connectivity index (χ0v) is 12.6. The summed E-state index contributed by atoms with van der Waals surface area (Å²) >= 11 is 0. The molecule has 2 rings (SSSR count). The molecule has 0 amide bonds. The van der Waals surface area contributed by atoms with Gasteiger partial charge in [0.25, 0.3) is 0 Å². The van der Waals surface area contributed by atoms with Crippen LogP contribution in [-0.4, -0.2) is 23.2 Å². The highest BCUT2D eigenvalue weighted by Gasteiger charge is 2.18. The molecule has 2 aromatic heterocycles. The lowest BCUT2D eigenvalue weighted by Gasteiger charge is -2.05. The van der Waals surface area contributed by atoms with Gasteiger partial charge in [0.05, 0.1) is 10.6 Å². The van der Waals surface area contributed by atoms with Crippen LogP contribution in [0.5, 0.6) is 0 Å². The van der Waals surface area contributed by atoms with E-state index in [1.54, 1.807) is 4.68 Å². The average molecular weight is 297 g/mol. The molecule has 0 aliphatic carbocycles.